The maximum absolute atomic E-state index is 13.2. The van der Waals surface area contributed by atoms with Gasteiger partial charge in [0.15, 0.2) is 0 Å². The number of hydrogen-bond acceptors (Lipinski definition) is 6. The summed E-state index contributed by atoms with van der Waals surface area (Å²) in [7, 11) is 0. The van der Waals surface area contributed by atoms with Crippen LogP contribution in [-0.2, 0) is 0 Å². The van der Waals surface area contributed by atoms with Crippen molar-refractivity contribution in [3.63, 3.8) is 0 Å². The molecule has 8 heteroatoms. The van der Waals surface area contributed by atoms with Crippen LogP contribution in [0.25, 0.3) is 0 Å². The van der Waals surface area contributed by atoms with Crippen molar-refractivity contribution >= 4 is 30.1 Å². The summed E-state index contributed by atoms with van der Waals surface area (Å²) in [5.74, 6) is 3.46. The van der Waals surface area contributed by atoms with Crippen LogP contribution in [0.4, 0.5) is 0 Å². The molecule has 2 heterocycles. The number of nitrogens with one attached hydrogen (secondary N) is 2. The van der Waals surface area contributed by atoms with Gasteiger partial charge in [0.1, 0.15) is 4.90 Å². The second kappa shape index (κ2) is 11.4. The Kier molecular flexibility index (Phi) is 8.79. The molecule has 1 aliphatic heterocycles. The highest BCUT2D eigenvalue weighted by Crippen LogP contribution is 2.61. The largest absolute Gasteiger partial charge is 0.474 e. The van der Waals surface area contributed by atoms with Crippen molar-refractivity contribution in [2.45, 2.75) is 88.2 Å². The van der Waals surface area contributed by atoms with E-state index in [1.165, 1.54) is 51.4 Å². The zero-order valence-corrected chi connectivity index (χ0v) is 22.4. The molecule has 0 radical (unpaired) electrons. The van der Waals surface area contributed by atoms with E-state index >= 15 is 0 Å². The lowest BCUT2D eigenvalue weighted by Crippen LogP contribution is -2.54. The smallest absolute Gasteiger partial charge is 0.291 e. The van der Waals surface area contributed by atoms with Gasteiger partial charge in [-0.15, -0.1) is 24.2 Å². The van der Waals surface area contributed by atoms with Gasteiger partial charge in [-0.3, -0.25) is 4.79 Å². The summed E-state index contributed by atoms with van der Waals surface area (Å²) >= 11 is 1.75. The first-order valence-electron chi connectivity index (χ1n) is 13.3. The SMILES string of the molecule is CC1(C)[C@H]2CC[C@H](CNC(=O)c3onc(OCC4CCNCC4)c3SC3CCCCC3)[C@@H]1C2.Cl. The Morgan fingerprint density at radius 2 is 1.91 bits per heavy atom. The summed E-state index contributed by atoms with van der Waals surface area (Å²) in [6, 6.07) is 0. The lowest BCUT2D eigenvalue weighted by atomic mass is 9.45. The molecule has 4 saturated carbocycles. The van der Waals surface area contributed by atoms with Crippen molar-refractivity contribution in [2.75, 3.05) is 26.2 Å². The van der Waals surface area contributed by atoms with Crippen molar-refractivity contribution in [1.29, 1.82) is 0 Å². The van der Waals surface area contributed by atoms with Gasteiger partial charge in [0, 0.05) is 11.8 Å². The number of nitrogens with zero attached hydrogens (tertiary/aromatic N) is 1. The molecule has 192 valence electrons. The molecule has 34 heavy (non-hydrogen) atoms. The van der Waals surface area contributed by atoms with Gasteiger partial charge in [-0.05, 0) is 92.3 Å². The summed E-state index contributed by atoms with van der Waals surface area (Å²) in [6.07, 6.45) is 12.3. The van der Waals surface area contributed by atoms with E-state index in [4.69, 9.17) is 9.26 Å². The summed E-state index contributed by atoms with van der Waals surface area (Å²) < 4.78 is 11.8. The monoisotopic (exact) mass is 511 g/mol. The van der Waals surface area contributed by atoms with E-state index in [-0.39, 0.29) is 18.3 Å². The van der Waals surface area contributed by atoms with E-state index in [1.54, 1.807) is 11.8 Å². The molecule has 2 bridgehead atoms. The minimum absolute atomic E-state index is 0. The fraction of sp³-hybridized carbons (Fsp3) is 0.846. The minimum Gasteiger partial charge on any atom is -0.474 e. The molecule has 1 amide bonds. The van der Waals surface area contributed by atoms with E-state index in [0.717, 1.165) is 49.2 Å². The quantitative estimate of drug-likeness (QED) is 0.466. The molecule has 6 nitrogen and oxygen atoms in total. The van der Waals surface area contributed by atoms with Crippen molar-refractivity contribution in [3.05, 3.63) is 5.76 Å². The van der Waals surface area contributed by atoms with Gasteiger partial charge >= 0.3 is 0 Å². The lowest BCUT2D eigenvalue weighted by molar-refractivity contribution is -0.103. The molecule has 1 saturated heterocycles. The molecule has 6 rings (SSSR count). The molecule has 0 spiro atoms. The summed E-state index contributed by atoms with van der Waals surface area (Å²) in [5, 5.41) is 11.4. The fourth-order valence-corrected chi connectivity index (χ4v) is 8.05. The van der Waals surface area contributed by atoms with Crippen LogP contribution < -0.4 is 15.4 Å². The lowest BCUT2D eigenvalue weighted by Gasteiger charge is -2.60. The van der Waals surface area contributed by atoms with E-state index in [2.05, 4.69) is 29.6 Å². The fourth-order valence-electron chi connectivity index (χ4n) is 6.71. The Hall–Kier alpha value is -0.920. The molecule has 1 aromatic rings. The molecular formula is C26H42ClN3O3S. The standard InChI is InChI=1S/C26H41N3O3S.ClH/c1-26(2)19-9-8-18(21(26)14-19)15-28-24(30)22-23(33-20-6-4-3-5-7-20)25(29-32-22)31-16-17-10-12-27-13-11-17;/h17-21,27H,3-16H2,1-2H3,(H,28,30);1H/t18-,19+,21+;/m1./s1. The maximum Gasteiger partial charge on any atom is 0.291 e. The first-order valence-corrected chi connectivity index (χ1v) is 14.2. The summed E-state index contributed by atoms with van der Waals surface area (Å²) in [4.78, 5) is 14.0. The summed E-state index contributed by atoms with van der Waals surface area (Å²) in [6.45, 7) is 8.28. The predicted molar refractivity (Wildman–Crippen MR) is 138 cm³/mol. The zero-order chi connectivity index (χ0) is 22.8. The molecule has 3 atom stereocenters. The van der Waals surface area contributed by atoms with Crippen molar-refractivity contribution in [1.82, 2.24) is 15.8 Å². The van der Waals surface area contributed by atoms with Gasteiger partial charge in [0.05, 0.1) is 6.61 Å². The van der Waals surface area contributed by atoms with Gasteiger partial charge in [-0.1, -0.05) is 33.1 Å². The van der Waals surface area contributed by atoms with Gasteiger partial charge in [0.25, 0.3) is 11.8 Å². The number of rotatable bonds is 8. The predicted octanol–water partition coefficient (Wildman–Crippen LogP) is 5.70. The number of amides is 1. The molecule has 0 unspecified atom stereocenters. The maximum atomic E-state index is 13.2. The van der Waals surface area contributed by atoms with Crippen LogP contribution in [0.3, 0.4) is 0 Å². The number of piperidine rings is 1. The average molecular weight is 512 g/mol. The number of halogens is 1. The normalized spacial score (nSPS) is 29.1. The highest BCUT2D eigenvalue weighted by atomic mass is 35.5. The number of carbonyl (C=O) groups is 1. The van der Waals surface area contributed by atoms with E-state index in [0.29, 0.717) is 40.7 Å². The van der Waals surface area contributed by atoms with Gasteiger partial charge in [0.2, 0.25) is 5.76 Å². The number of ether oxygens (including phenoxy) is 1. The molecule has 5 aliphatic rings. The van der Waals surface area contributed by atoms with Crippen LogP contribution in [0, 0.1) is 29.1 Å². The Morgan fingerprint density at radius 1 is 1.15 bits per heavy atom. The molecular weight excluding hydrogens is 470 g/mol. The number of thioether (sulfide) groups is 1. The van der Waals surface area contributed by atoms with Crippen LogP contribution in [0.2, 0.25) is 0 Å². The first-order chi connectivity index (χ1) is 16.0. The zero-order valence-electron chi connectivity index (χ0n) is 20.8. The molecule has 5 fully saturated rings. The van der Waals surface area contributed by atoms with Crippen molar-refractivity contribution in [3.8, 4) is 5.88 Å². The Balaban J connectivity index is 0.00000274. The highest BCUT2D eigenvalue weighted by molar-refractivity contribution is 8.00. The Labute approximate surface area is 214 Å². The van der Waals surface area contributed by atoms with Gasteiger partial charge in [-0.25, -0.2) is 0 Å². The van der Waals surface area contributed by atoms with Crippen molar-refractivity contribution < 1.29 is 14.1 Å². The molecule has 4 aliphatic carbocycles. The van der Waals surface area contributed by atoms with Crippen LogP contribution in [0.15, 0.2) is 9.42 Å². The molecule has 1 aromatic heterocycles. The second-order valence-electron chi connectivity index (χ2n) is 11.4. The van der Waals surface area contributed by atoms with Gasteiger partial charge in [-0.2, -0.15) is 0 Å². The third kappa shape index (κ3) is 5.57. The van der Waals surface area contributed by atoms with Crippen molar-refractivity contribution in [2.24, 2.45) is 29.1 Å². The molecule has 2 N–H and O–H groups in total. The number of fused-ring (bicyclic) bond motifs is 2. The average Bonchev–Trinajstić information content (AvgIpc) is 3.24. The summed E-state index contributed by atoms with van der Waals surface area (Å²) in [5.41, 5.74) is 0.428. The van der Waals surface area contributed by atoms with Crippen LogP contribution in [0.5, 0.6) is 5.88 Å². The van der Waals surface area contributed by atoms with Crippen LogP contribution in [0.1, 0.15) is 88.6 Å². The Bertz CT molecular complexity index is 818. The van der Waals surface area contributed by atoms with E-state index < -0.39 is 0 Å². The topological polar surface area (TPSA) is 76.4 Å². The highest BCUT2D eigenvalue weighted by Gasteiger charge is 2.54. The first kappa shape index (κ1) is 26.2. The number of carbonyl (C=O) groups excluding carboxylic acids is 1. The second-order valence-corrected chi connectivity index (χ2v) is 12.7. The Morgan fingerprint density at radius 3 is 2.62 bits per heavy atom. The number of aromatic nitrogens is 1. The minimum atomic E-state index is -0.128. The van der Waals surface area contributed by atoms with Gasteiger partial charge < -0.3 is 19.9 Å². The third-order valence-corrected chi connectivity index (χ3v) is 10.5. The van der Waals surface area contributed by atoms with Crippen LogP contribution >= 0.6 is 24.2 Å². The van der Waals surface area contributed by atoms with Crippen LogP contribution in [-0.4, -0.2) is 42.6 Å². The third-order valence-electron chi connectivity index (χ3n) is 9.10. The number of hydrogen-bond donors (Lipinski definition) is 2. The molecule has 0 aromatic carbocycles. The van der Waals surface area contributed by atoms with E-state index in [1.807, 2.05) is 0 Å². The van der Waals surface area contributed by atoms with E-state index in [9.17, 15) is 4.79 Å².